The molecule has 0 spiro atoms. The van der Waals surface area contributed by atoms with E-state index in [9.17, 15) is 5.11 Å². The van der Waals surface area contributed by atoms with Gasteiger partial charge in [0.15, 0.2) is 0 Å². The minimum Gasteiger partial charge on any atom is -0.389 e. The van der Waals surface area contributed by atoms with Gasteiger partial charge >= 0.3 is 0 Å². The fraction of sp³-hybridized carbons (Fsp3) is 0.857. The molecule has 0 saturated heterocycles. The smallest absolute Gasteiger partial charge is 0.0771 e. The molecule has 4 bridgehead atoms. The molecule has 0 aliphatic heterocycles. The molecule has 1 N–H and O–H groups in total. The van der Waals surface area contributed by atoms with Crippen molar-refractivity contribution in [1.82, 2.24) is 0 Å². The monoisotopic (exact) mass is 206 g/mol. The molecule has 0 heterocycles. The zero-order valence-electron chi connectivity index (χ0n) is 10.1. The molecule has 0 amide bonds. The molecular weight excluding hydrogens is 184 g/mol. The van der Waals surface area contributed by atoms with Crippen LogP contribution in [-0.2, 0) is 0 Å². The zero-order valence-corrected chi connectivity index (χ0v) is 10.1. The number of fused-ring (bicyclic) bond motifs is 1. The van der Waals surface area contributed by atoms with Gasteiger partial charge in [0.25, 0.3) is 0 Å². The predicted octanol–water partition coefficient (Wildman–Crippen LogP) is 3.14. The number of allylic oxidation sites excluding steroid dienone is 1. The van der Waals surface area contributed by atoms with Crippen molar-refractivity contribution in [2.75, 3.05) is 0 Å². The highest BCUT2D eigenvalue weighted by atomic mass is 16.3. The first-order valence-corrected chi connectivity index (χ1v) is 6.36. The topological polar surface area (TPSA) is 20.2 Å². The first-order chi connectivity index (χ1) is 6.95. The Morgan fingerprint density at radius 2 is 2.07 bits per heavy atom. The van der Waals surface area contributed by atoms with Crippen LogP contribution >= 0.6 is 0 Å². The van der Waals surface area contributed by atoms with Crippen molar-refractivity contribution in [2.24, 2.45) is 23.2 Å². The Morgan fingerprint density at radius 1 is 1.33 bits per heavy atom. The van der Waals surface area contributed by atoms with Crippen LogP contribution in [0.15, 0.2) is 11.6 Å². The Kier molecular flexibility index (Phi) is 1.77. The van der Waals surface area contributed by atoms with Crippen LogP contribution < -0.4 is 0 Å². The van der Waals surface area contributed by atoms with Crippen LogP contribution in [0.3, 0.4) is 0 Å². The van der Waals surface area contributed by atoms with E-state index in [1.54, 1.807) is 0 Å². The average Bonchev–Trinajstić information content (AvgIpc) is 2.16. The predicted molar refractivity (Wildman–Crippen MR) is 61.4 cm³/mol. The van der Waals surface area contributed by atoms with Crippen molar-refractivity contribution in [3.8, 4) is 0 Å². The molecule has 4 rings (SSSR count). The average molecular weight is 206 g/mol. The maximum atomic E-state index is 11.0. The first kappa shape index (κ1) is 9.89. The lowest BCUT2D eigenvalue weighted by atomic mass is 9.46. The van der Waals surface area contributed by atoms with Crippen molar-refractivity contribution in [1.29, 1.82) is 0 Å². The van der Waals surface area contributed by atoms with Gasteiger partial charge in [-0.1, -0.05) is 25.5 Å². The largest absolute Gasteiger partial charge is 0.389 e. The molecule has 1 heteroatoms. The van der Waals surface area contributed by atoms with Gasteiger partial charge in [0, 0.05) is 5.41 Å². The van der Waals surface area contributed by atoms with E-state index in [1.807, 2.05) is 0 Å². The van der Waals surface area contributed by atoms with Crippen molar-refractivity contribution < 1.29 is 5.11 Å². The summed E-state index contributed by atoms with van der Waals surface area (Å²) in [7, 11) is 0. The molecule has 3 saturated carbocycles. The van der Waals surface area contributed by atoms with Crippen LogP contribution in [0.25, 0.3) is 0 Å². The van der Waals surface area contributed by atoms with E-state index < -0.39 is 5.60 Å². The Labute approximate surface area is 92.6 Å². The number of hydrogen-bond acceptors (Lipinski definition) is 1. The Morgan fingerprint density at radius 3 is 2.73 bits per heavy atom. The lowest BCUT2D eigenvalue weighted by Crippen LogP contribution is -2.61. The minimum atomic E-state index is -0.405. The van der Waals surface area contributed by atoms with Gasteiger partial charge in [0.1, 0.15) is 0 Å². The Hall–Kier alpha value is -0.300. The molecule has 4 aliphatic carbocycles. The summed E-state index contributed by atoms with van der Waals surface area (Å²) in [6.07, 6.45) is 7.45. The molecular formula is C14H22O. The summed E-state index contributed by atoms with van der Waals surface area (Å²) in [5, 5.41) is 11.0. The second kappa shape index (κ2) is 2.68. The summed E-state index contributed by atoms with van der Waals surface area (Å²) >= 11 is 0. The van der Waals surface area contributed by atoms with Crippen molar-refractivity contribution in [2.45, 2.75) is 52.1 Å². The van der Waals surface area contributed by atoms with Gasteiger partial charge in [0.05, 0.1) is 5.60 Å². The number of hydrogen-bond donors (Lipinski definition) is 1. The van der Waals surface area contributed by atoms with E-state index in [1.165, 1.54) is 24.8 Å². The van der Waals surface area contributed by atoms with E-state index in [2.05, 4.69) is 26.8 Å². The van der Waals surface area contributed by atoms with Crippen molar-refractivity contribution in [3.63, 3.8) is 0 Å². The van der Waals surface area contributed by atoms with Crippen LogP contribution in [0.5, 0.6) is 0 Å². The van der Waals surface area contributed by atoms with Gasteiger partial charge in [0.2, 0.25) is 0 Å². The van der Waals surface area contributed by atoms with Gasteiger partial charge < -0.3 is 5.11 Å². The van der Waals surface area contributed by atoms with Gasteiger partial charge in [-0.15, -0.1) is 0 Å². The van der Waals surface area contributed by atoms with Crippen molar-refractivity contribution >= 4 is 0 Å². The summed E-state index contributed by atoms with van der Waals surface area (Å²) < 4.78 is 0. The van der Waals surface area contributed by atoms with Gasteiger partial charge in [-0.25, -0.2) is 0 Å². The third kappa shape index (κ3) is 1.03. The van der Waals surface area contributed by atoms with Crippen LogP contribution in [0.2, 0.25) is 0 Å². The molecule has 1 nitrogen and oxygen atoms in total. The third-order valence-corrected chi connectivity index (χ3v) is 5.75. The van der Waals surface area contributed by atoms with Crippen molar-refractivity contribution in [3.05, 3.63) is 11.6 Å². The zero-order chi connectivity index (χ0) is 10.8. The molecule has 4 unspecified atom stereocenters. The summed E-state index contributed by atoms with van der Waals surface area (Å²) in [6, 6.07) is 0. The summed E-state index contributed by atoms with van der Waals surface area (Å²) in [4.78, 5) is 0. The van der Waals surface area contributed by atoms with Gasteiger partial charge in [-0.2, -0.15) is 0 Å². The third-order valence-electron chi connectivity index (χ3n) is 5.75. The lowest BCUT2D eigenvalue weighted by molar-refractivity contribution is -0.179. The van der Waals surface area contributed by atoms with Crippen LogP contribution in [-0.4, -0.2) is 10.7 Å². The van der Waals surface area contributed by atoms with E-state index in [4.69, 9.17) is 0 Å². The maximum Gasteiger partial charge on any atom is 0.0771 e. The lowest BCUT2D eigenvalue weighted by Gasteiger charge is -2.61. The molecule has 0 aromatic heterocycles. The van der Waals surface area contributed by atoms with E-state index in [0.717, 1.165) is 12.3 Å². The SMILES string of the molecule is CC1=CC2CC3CCC2C(O)(C3)C1(C)C. The first-order valence-electron chi connectivity index (χ1n) is 6.36. The Balaban J connectivity index is 2.13. The molecule has 15 heavy (non-hydrogen) atoms. The molecule has 0 aromatic carbocycles. The Bertz CT molecular complexity index is 328. The molecule has 3 fully saturated rings. The summed E-state index contributed by atoms with van der Waals surface area (Å²) in [5.41, 5.74) is 0.997. The quantitative estimate of drug-likeness (QED) is 0.604. The number of aliphatic hydroxyl groups is 1. The van der Waals surface area contributed by atoms with Gasteiger partial charge in [-0.05, 0) is 50.4 Å². The van der Waals surface area contributed by atoms with E-state index >= 15 is 0 Å². The molecule has 4 atom stereocenters. The highest BCUT2D eigenvalue weighted by molar-refractivity contribution is 5.28. The fourth-order valence-electron chi connectivity index (χ4n) is 4.44. The highest BCUT2D eigenvalue weighted by Gasteiger charge is 2.60. The minimum absolute atomic E-state index is 0.00669. The number of rotatable bonds is 0. The molecule has 0 aromatic rings. The summed E-state index contributed by atoms with van der Waals surface area (Å²) in [6.45, 7) is 6.67. The van der Waals surface area contributed by atoms with Gasteiger partial charge in [-0.3, -0.25) is 0 Å². The second-order valence-electron chi connectivity index (χ2n) is 6.55. The van der Waals surface area contributed by atoms with E-state index in [0.29, 0.717) is 11.8 Å². The molecule has 0 radical (unpaired) electrons. The maximum absolute atomic E-state index is 11.0. The highest BCUT2D eigenvalue weighted by Crippen LogP contribution is 2.61. The fourth-order valence-corrected chi connectivity index (χ4v) is 4.44. The molecule has 84 valence electrons. The second-order valence-corrected chi connectivity index (χ2v) is 6.55. The van der Waals surface area contributed by atoms with Crippen LogP contribution in [0, 0.1) is 23.2 Å². The van der Waals surface area contributed by atoms with E-state index in [-0.39, 0.29) is 5.41 Å². The summed E-state index contributed by atoms with van der Waals surface area (Å²) in [5.74, 6) is 2.00. The molecule has 4 aliphatic rings. The normalized spacial score (nSPS) is 51.5. The standard InChI is InChI=1S/C14H22O/c1-9-6-11-7-10-4-5-12(11)14(15,8-10)13(9,2)3/h6,10-12,15H,4-5,7-8H2,1-3H3. The van der Waals surface area contributed by atoms with Crippen LogP contribution in [0.1, 0.15) is 46.5 Å². The van der Waals surface area contributed by atoms with Crippen LogP contribution in [0.4, 0.5) is 0 Å².